The van der Waals surface area contributed by atoms with Crippen LogP contribution < -0.4 is 10.1 Å². The first-order chi connectivity index (χ1) is 10.0. The van der Waals surface area contributed by atoms with E-state index in [9.17, 15) is 14.0 Å². The van der Waals surface area contributed by atoms with Crippen molar-refractivity contribution in [2.75, 3.05) is 19.8 Å². The molecule has 0 radical (unpaired) electrons. The number of halogens is 1. The van der Waals surface area contributed by atoms with Crippen molar-refractivity contribution in [2.24, 2.45) is 0 Å². The summed E-state index contributed by atoms with van der Waals surface area (Å²) in [5, 5.41) is 11.5. The van der Waals surface area contributed by atoms with Gasteiger partial charge in [-0.25, -0.2) is 9.18 Å². The van der Waals surface area contributed by atoms with Gasteiger partial charge in [0, 0.05) is 13.0 Å². The molecule has 1 rings (SSSR count). The standard InChI is InChI=1S/C14H18FNO5/c1-2-20-8-7-13(17)16-9-12(14(18)19)21-11-5-3-10(15)4-6-11/h3-6,12H,2,7-9H2,1H3,(H,16,17)(H,18,19). The molecule has 0 spiro atoms. The van der Waals surface area contributed by atoms with Gasteiger partial charge in [0.25, 0.3) is 0 Å². The number of carboxylic acid groups (broad SMARTS) is 1. The minimum Gasteiger partial charge on any atom is -0.478 e. The van der Waals surface area contributed by atoms with Crippen LogP contribution in [0.5, 0.6) is 5.75 Å². The van der Waals surface area contributed by atoms with Gasteiger partial charge < -0.3 is 19.9 Å². The van der Waals surface area contributed by atoms with Gasteiger partial charge in [-0.15, -0.1) is 0 Å². The van der Waals surface area contributed by atoms with Crippen LogP contribution in [0.1, 0.15) is 13.3 Å². The van der Waals surface area contributed by atoms with E-state index in [1.165, 1.54) is 12.1 Å². The van der Waals surface area contributed by atoms with E-state index in [4.69, 9.17) is 14.6 Å². The fraction of sp³-hybridized carbons (Fsp3) is 0.429. The highest BCUT2D eigenvalue weighted by atomic mass is 19.1. The molecule has 0 aliphatic rings. The van der Waals surface area contributed by atoms with E-state index in [-0.39, 0.29) is 31.2 Å². The molecule has 0 aromatic heterocycles. The lowest BCUT2D eigenvalue weighted by Gasteiger charge is -2.15. The number of carboxylic acids is 1. The number of hydrogen-bond acceptors (Lipinski definition) is 4. The molecule has 1 aromatic rings. The highest BCUT2D eigenvalue weighted by Crippen LogP contribution is 2.13. The predicted molar refractivity (Wildman–Crippen MR) is 72.6 cm³/mol. The average molecular weight is 299 g/mol. The van der Waals surface area contributed by atoms with Crippen molar-refractivity contribution >= 4 is 11.9 Å². The minimum absolute atomic E-state index is 0.150. The Labute approximate surface area is 121 Å². The lowest BCUT2D eigenvalue weighted by Crippen LogP contribution is -2.40. The Morgan fingerprint density at radius 2 is 2.00 bits per heavy atom. The van der Waals surface area contributed by atoms with Crippen LogP contribution in [0, 0.1) is 5.82 Å². The molecule has 0 saturated heterocycles. The first-order valence-corrected chi connectivity index (χ1v) is 6.52. The van der Waals surface area contributed by atoms with Gasteiger partial charge in [0.05, 0.1) is 13.2 Å². The third kappa shape index (κ3) is 6.71. The highest BCUT2D eigenvalue weighted by molar-refractivity contribution is 5.78. The number of nitrogens with one attached hydrogen (secondary N) is 1. The van der Waals surface area contributed by atoms with E-state index in [0.29, 0.717) is 6.61 Å². The molecule has 0 bridgehead atoms. The topological polar surface area (TPSA) is 84.9 Å². The summed E-state index contributed by atoms with van der Waals surface area (Å²) < 4.78 is 23.0. The lowest BCUT2D eigenvalue weighted by atomic mass is 10.3. The molecule has 1 unspecified atom stereocenters. The lowest BCUT2D eigenvalue weighted by molar-refractivity contribution is -0.145. The molecule has 116 valence electrons. The van der Waals surface area contributed by atoms with Crippen LogP contribution >= 0.6 is 0 Å². The fourth-order valence-corrected chi connectivity index (χ4v) is 1.46. The van der Waals surface area contributed by atoms with Crippen molar-refractivity contribution in [3.63, 3.8) is 0 Å². The van der Waals surface area contributed by atoms with Crippen LogP contribution in [0.3, 0.4) is 0 Å². The Bertz CT molecular complexity index is 463. The third-order valence-electron chi connectivity index (χ3n) is 2.53. The quantitative estimate of drug-likeness (QED) is 0.669. The van der Waals surface area contributed by atoms with Crippen molar-refractivity contribution < 1.29 is 28.6 Å². The second-order valence-electron chi connectivity index (χ2n) is 4.15. The summed E-state index contributed by atoms with van der Waals surface area (Å²) in [5.74, 6) is -1.77. The first kappa shape index (κ1) is 16.9. The average Bonchev–Trinajstić information content (AvgIpc) is 2.45. The van der Waals surface area contributed by atoms with E-state index < -0.39 is 17.9 Å². The van der Waals surface area contributed by atoms with Crippen molar-refractivity contribution in [2.45, 2.75) is 19.4 Å². The summed E-state index contributed by atoms with van der Waals surface area (Å²) in [5.41, 5.74) is 0. The summed E-state index contributed by atoms with van der Waals surface area (Å²) in [7, 11) is 0. The van der Waals surface area contributed by atoms with Crippen molar-refractivity contribution in [1.29, 1.82) is 0 Å². The van der Waals surface area contributed by atoms with E-state index in [1.54, 1.807) is 0 Å². The van der Waals surface area contributed by atoms with E-state index in [0.717, 1.165) is 12.1 Å². The van der Waals surface area contributed by atoms with Crippen molar-refractivity contribution in [3.8, 4) is 5.75 Å². The van der Waals surface area contributed by atoms with Gasteiger partial charge in [0.2, 0.25) is 12.0 Å². The highest BCUT2D eigenvalue weighted by Gasteiger charge is 2.20. The Kier molecular flexibility index (Phi) is 7.17. The van der Waals surface area contributed by atoms with Crippen molar-refractivity contribution in [3.05, 3.63) is 30.1 Å². The normalized spacial score (nSPS) is 11.7. The summed E-state index contributed by atoms with van der Waals surface area (Å²) in [4.78, 5) is 22.5. The van der Waals surface area contributed by atoms with Crippen LogP contribution in [0.4, 0.5) is 4.39 Å². The molecular formula is C14H18FNO5. The maximum absolute atomic E-state index is 12.7. The van der Waals surface area contributed by atoms with Gasteiger partial charge in [-0.3, -0.25) is 4.79 Å². The second kappa shape index (κ2) is 8.91. The molecule has 0 aliphatic carbocycles. The Hall–Kier alpha value is -2.15. The number of carbonyl (C=O) groups is 2. The predicted octanol–water partition coefficient (Wildman–Crippen LogP) is 1.20. The fourth-order valence-electron chi connectivity index (χ4n) is 1.46. The van der Waals surface area contributed by atoms with Gasteiger partial charge in [-0.05, 0) is 31.2 Å². The zero-order valence-electron chi connectivity index (χ0n) is 11.7. The number of amides is 1. The van der Waals surface area contributed by atoms with Gasteiger partial charge in [0.1, 0.15) is 11.6 Å². The SMILES string of the molecule is CCOCCC(=O)NCC(Oc1ccc(F)cc1)C(=O)O. The summed E-state index contributed by atoms with van der Waals surface area (Å²) >= 11 is 0. The van der Waals surface area contributed by atoms with Crippen LogP contribution in [-0.2, 0) is 14.3 Å². The molecule has 6 nitrogen and oxygen atoms in total. The molecule has 1 aromatic carbocycles. The van der Waals surface area contributed by atoms with Gasteiger partial charge in [-0.2, -0.15) is 0 Å². The van der Waals surface area contributed by atoms with Crippen LogP contribution in [0.2, 0.25) is 0 Å². The first-order valence-electron chi connectivity index (χ1n) is 6.52. The Balaban J connectivity index is 2.45. The molecule has 0 aliphatic heterocycles. The summed E-state index contributed by atoms with van der Waals surface area (Å²) in [6, 6.07) is 4.97. The summed E-state index contributed by atoms with van der Waals surface area (Å²) in [6.45, 7) is 2.42. The molecule has 21 heavy (non-hydrogen) atoms. The Morgan fingerprint density at radius 1 is 1.33 bits per heavy atom. The monoisotopic (exact) mass is 299 g/mol. The maximum Gasteiger partial charge on any atom is 0.346 e. The van der Waals surface area contributed by atoms with Crippen LogP contribution in [0.25, 0.3) is 0 Å². The number of aliphatic carboxylic acids is 1. The molecule has 2 N–H and O–H groups in total. The van der Waals surface area contributed by atoms with Crippen LogP contribution in [-0.4, -0.2) is 42.8 Å². The maximum atomic E-state index is 12.7. The Morgan fingerprint density at radius 3 is 2.57 bits per heavy atom. The largest absolute Gasteiger partial charge is 0.478 e. The smallest absolute Gasteiger partial charge is 0.346 e. The van der Waals surface area contributed by atoms with Gasteiger partial charge in [-0.1, -0.05) is 0 Å². The summed E-state index contributed by atoms with van der Waals surface area (Å²) in [6.07, 6.45) is -1.09. The number of hydrogen-bond donors (Lipinski definition) is 2. The van der Waals surface area contributed by atoms with Crippen molar-refractivity contribution in [1.82, 2.24) is 5.32 Å². The van der Waals surface area contributed by atoms with Gasteiger partial charge in [0.15, 0.2) is 0 Å². The molecular weight excluding hydrogens is 281 g/mol. The molecule has 0 heterocycles. The van der Waals surface area contributed by atoms with E-state index in [2.05, 4.69) is 5.32 Å². The third-order valence-corrected chi connectivity index (χ3v) is 2.53. The zero-order valence-corrected chi connectivity index (χ0v) is 11.7. The van der Waals surface area contributed by atoms with Gasteiger partial charge >= 0.3 is 5.97 Å². The minimum atomic E-state index is -1.24. The zero-order chi connectivity index (χ0) is 15.7. The van der Waals surface area contributed by atoms with E-state index >= 15 is 0 Å². The number of benzene rings is 1. The number of rotatable bonds is 9. The number of carbonyl (C=O) groups excluding carboxylic acids is 1. The molecule has 0 saturated carbocycles. The number of ether oxygens (including phenoxy) is 2. The van der Waals surface area contributed by atoms with Crippen LogP contribution in [0.15, 0.2) is 24.3 Å². The molecule has 1 atom stereocenters. The van der Waals surface area contributed by atoms with E-state index in [1.807, 2.05) is 6.92 Å². The molecule has 0 fully saturated rings. The molecule has 7 heteroatoms. The second-order valence-corrected chi connectivity index (χ2v) is 4.15. The molecule has 1 amide bonds.